The highest BCUT2D eigenvalue weighted by molar-refractivity contribution is 5.92. The topological polar surface area (TPSA) is 55.1 Å². The van der Waals surface area contributed by atoms with Gasteiger partial charge in [0, 0.05) is 12.1 Å². The quantitative estimate of drug-likeness (QED) is 0.677. The molecule has 1 amide bonds. The summed E-state index contributed by atoms with van der Waals surface area (Å²) in [7, 11) is 0. The molecule has 1 N–H and O–H groups in total. The highest BCUT2D eigenvalue weighted by atomic mass is 16.5. The van der Waals surface area contributed by atoms with E-state index in [2.05, 4.69) is 21.3 Å². The smallest absolute Gasteiger partial charge is 0.273 e. The molecule has 4 heteroatoms. The molecule has 0 fully saturated rings. The maximum Gasteiger partial charge on any atom is 0.273 e. The van der Waals surface area contributed by atoms with Gasteiger partial charge in [0.05, 0.1) is 0 Å². The number of nitrogens with one attached hydrogen (secondary N) is 1. The van der Waals surface area contributed by atoms with Crippen LogP contribution in [0.25, 0.3) is 0 Å². The number of hydrogen-bond donors (Lipinski definition) is 1. The van der Waals surface area contributed by atoms with Gasteiger partial charge in [-0.3, -0.25) is 4.79 Å². The Labute approximate surface area is 64.6 Å². The Hall–Kier alpha value is -1.32. The van der Waals surface area contributed by atoms with Gasteiger partial charge in [-0.05, 0) is 13.8 Å². The number of carbonyl (C=O) groups is 1. The maximum atomic E-state index is 11.1. The minimum Gasteiger partial charge on any atom is -0.352 e. The Morgan fingerprint density at radius 1 is 1.82 bits per heavy atom. The molecular formula is C7H9N2O2. The normalized spacial score (nSPS) is 10.1. The van der Waals surface area contributed by atoms with Crippen molar-refractivity contribution in [2.24, 2.45) is 0 Å². The number of nitrogens with zero attached hydrogens (tertiary/aromatic N) is 1. The summed E-state index contributed by atoms with van der Waals surface area (Å²) in [6, 6.07) is 1.51. The van der Waals surface area contributed by atoms with E-state index in [0.717, 1.165) is 0 Å². The van der Waals surface area contributed by atoms with E-state index in [1.165, 1.54) is 6.07 Å². The van der Waals surface area contributed by atoms with E-state index >= 15 is 0 Å². The summed E-state index contributed by atoms with van der Waals surface area (Å²) in [5.41, 5.74) is 0.263. The molecule has 0 aromatic carbocycles. The maximum absolute atomic E-state index is 11.1. The average molecular weight is 153 g/mol. The number of rotatable bonds is 2. The van der Waals surface area contributed by atoms with Crippen molar-refractivity contribution in [1.29, 1.82) is 0 Å². The van der Waals surface area contributed by atoms with Crippen molar-refractivity contribution in [3.63, 3.8) is 0 Å². The third-order valence-corrected chi connectivity index (χ3v) is 1.04. The average Bonchev–Trinajstić information content (AvgIpc) is 2.35. The predicted molar refractivity (Wildman–Crippen MR) is 37.9 cm³/mol. The van der Waals surface area contributed by atoms with E-state index in [0.29, 0.717) is 0 Å². The van der Waals surface area contributed by atoms with Crippen molar-refractivity contribution in [3.8, 4) is 0 Å². The molecule has 1 rings (SSSR count). The van der Waals surface area contributed by atoms with E-state index in [4.69, 9.17) is 0 Å². The SMILES string of the molecule is CC(C)NC(=O)c1c[c]on1. The van der Waals surface area contributed by atoms with Crippen molar-refractivity contribution >= 4 is 5.91 Å². The lowest BCUT2D eigenvalue weighted by Gasteiger charge is -2.04. The summed E-state index contributed by atoms with van der Waals surface area (Å²) < 4.78 is 4.38. The standard InChI is InChI=1S/C7H9N2O2/c1-5(2)8-7(10)6-3-4-11-9-6/h3,5H,1-2H3,(H,8,10). The molecule has 1 aromatic rings. The second-order valence-electron chi connectivity index (χ2n) is 2.46. The van der Waals surface area contributed by atoms with Gasteiger partial charge in [-0.2, -0.15) is 0 Å². The highest BCUT2D eigenvalue weighted by Crippen LogP contribution is 1.93. The molecule has 1 heterocycles. The molecule has 0 unspecified atom stereocenters. The molecule has 4 nitrogen and oxygen atoms in total. The van der Waals surface area contributed by atoms with Gasteiger partial charge in [0.15, 0.2) is 5.69 Å². The molecule has 0 aliphatic carbocycles. The molecular weight excluding hydrogens is 144 g/mol. The molecule has 59 valence electrons. The minimum atomic E-state index is -0.231. The fourth-order valence-electron chi connectivity index (χ4n) is 0.627. The second-order valence-corrected chi connectivity index (χ2v) is 2.46. The van der Waals surface area contributed by atoms with Crippen LogP contribution in [0.5, 0.6) is 0 Å². The number of aromatic nitrogens is 1. The lowest BCUT2D eigenvalue weighted by Crippen LogP contribution is -2.30. The lowest BCUT2D eigenvalue weighted by atomic mass is 10.3. The lowest BCUT2D eigenvalue weighted by molar-refractivity contribution is 0.0934. The predicted octanol–water partition coefficient (Wildman–Crippen LogP) is 0.613. The molecule has 0 bridgehead atoms. The van der Waals surface area contributed by atoms with Gasteiger partial charge in [-0.25, -0.2) is 0 Å². The summed E-state index contributed by atoms with van der Waals surface area (Å²) in [5.74, 6) is -0.231. The zero-order chi connectivity index (χ0) is 8.27. The van der Waals surface area contributed by atoms with Gasteiger partial charge in [-0.15, -0.1) is 0 Å². The molecule has 11 heavy (non-hydrogen) atoms. The molecule has 0 aliphatic rings. The van der Waals surface area contributed by atoms with Gasteiger partial charge < -0.3 is 9.84 Å². The van der Waals surface area contributed by atoms with E-state index in [9.17, 15) is 4.79 Å². The van der Waals surface area contributed by atoms with Crippen LogP contribution in [0, 0.1) is 6.26 Å². The van der Waals surface area contributed by atoms with Gasteiger partial charge >= 0.3 is 0 Å². The third kappa shape index (κ3) is 2.07. The van der Waals surface area contributed by atoms with Gasteiger partial charge in [0.1, 0.15) is 0 Å². The van der Waals surface area contributed by atoms with Gasteiger partial charge in [0.25, 0.3) is 5.91 Å². The Bertz CT molecular complexity index is 229. The van der Waals surface area contributed by atoms with Crippen LogP contribution in [-0.2, 0) is 0 Å². The van der Waals surface area contributed by atoms with Crippen LogP contribution in [0.1, 0.15) is 24.3 Å². The molecule has 0 saturated carbocycles. The molecule has 0 spiro atoms. The number of carbonyl (C=O) groups excluding carboxylic acids is 1. The third-order valence-electron chi connectivity index (χ3n) is 1.04. The van der Waals surface area contributed by atoms with E-state index in [1.54, 1.807) is 0 Å². The van der Waals surface area contributed by atoms with Crippen LogP contribution in [0.4, 0.5) is 0 Å². The molecule has 0 aliphatic heterocycles. The van der Waals surface area contributed by atoms with Crippen molar-refractivity contribution < 1.29 is 9.32 Å². The zero-order valence-electron chi connectivity index (χ0n) is 6.42. The molecule has 1 aromatic heterocycles. The molecule has 0 saturated heterocycles. The highest BCUT2D eigenvalue weighted by Gasteiger charge is 2.08. The molecule has 1 radical (unpaired) electrons. The Kier molecular flexibility index (Phi) is 2.25. The first-order valence-corrected chi connectivity index (χ1v) is 3.34. The van der Waals surface area contributed by atoms with E-state index in [-0.39, 0.29) is 17.6 Å². The van der Waals surface area contributed by atoms with Crippen LogP contribution in [0.2, 0.25) is 0 Å². The fourth-order valence-corrected chi connectivity index (χ4v) is 0.627. The van der Waals surface area contributed by atoms with Gasteiger partial charge in [-0.1, -0.05) is 5.16 Å². The van der Waals surface area contributed by atoms with Crippen LogP contribution >= 0.6 is 0 Å². The second kappa shape index (κ2) is 3.18. The molecule has 0 atom stereocenters. The number of hydrogen-bond acceptors (Lipinski definition) is 3. The van der Waals surface area contributed by atoms with E-state index in [1.807, 2.05) is 13.8 Å². The summed E-state index contributed by atoms with van der Waals surface area (Å²) in [6.45, 7) is 3.75. The van der Waals surface area contributed by atoms with Crippen LogP contribution in [0.15, 0.2) is 10.6 Å². The first-order valence-electron chi connectivity index (χ1n) is 3.34. The van der Waals surface area contributed by atoms with Crippen molar-refractivity contribution in [2.75, 3.05) is 0 Å². The number of amides is 1. The Morgan fingerprint density at radius 3 is 3.00 bits per heavy atom. The van der Waals surface area contributed by atoms with Crippen LogP contribution in [0.3, 0.4) is 0 Å². The first-order chi connectivity index (χ1) is 5.20. The van der Waals surface area contributed by atoms with Gasteiger partial charge in [0.2, 0.25) is 6.26 Å². The largest absolute Gasteiger partial charge is 0.352 e. The summed E-state index contributed by atoms with van der Waals surface area (Å²) in [4.78, 5) is 11.1. The summed E-state index contributed by atoms with van der Waals surface area (Å²) in [6.07, 6.45) is 2.34. The summed E-state index contributed by atoms with van der Waals surface area (Å²) >= 11 is 0. The first kappa shape index (κ1) is 7.78. The zero-order valence-corrected chi connectivity index (χ0v) is 6.42. The van der Waals surface area contributed by atoms with Crippen molar-refractivity contribution in [1.82, 2.24) is 10.5 Å². The van der Waals surface area contributed by atoms with E-state index < -0.39 is 0 Å². The minimum absolute atomic E-state index is 0.110. The van der Waals surface area contributed by atoms with Crippen LogP contribution < -0.4 is 5.32 Å². The Morgan fingerprint density at radius 2 is 2.55 bits per heavy atom. The fraction of sp³-hybridized carbons (Fsp3) is 0.429. The summed E-state index contributed by atoms with van der Waals surface area (Å²) in [5, 5.41) is 6.09. The van der Waals surface area contributed by atoms with Crippen molar-refractivity contribution in [2.45, 2.75) is 19.9 Å². The van der Waals surface area contributed by atoms with Crippen molar-refractivity contribution in [3.05, 3.63) is 18.0 Å². The van der Waals surface area contributed by atoms with Crippen LogP contribution in [-0.4, -0.2) is 17.1 Å². The Balaban J connectivity index is 2.57. The monoisotopic (exact) mass is 153 g/mol.